The van der Waals surface area contributed by atoms with Crippen LogP contribution in [-0.4, -0.2) is 19.5 Å². The second-order valence-electron chi connectivity index (χ2n) is 17.1. The van der Waals surface area contributed by atoms with Gasteiger partial charge in [-0.25, -0.2) is 15.0 Å². The van der Waals surface area contributed by atoms with Crippen molar-refractivity contribution >= 4 is 53.3 Å². The molecule has 3 aromatic heterocycles. The van der Waals surface area contributed by atoms with Crippen molar-refractivity contribution in [3.63, 3.8) is 0 Å². The summed E-state index contributed by atoms with van der Waals surface area (Å²) in [6, 6.07) is 86.3. The summed E-state index contributed by atoms with van der Waals surface area (Å²) in [7, 11) is 0. The Hall–Kier alpha value is -8.77. The molecule has 0 aliphatic carbocycles. The molecule has 0 amide bonds. The molecule has 3 heterocycles. The lowest BCUT2D eigenvalue weighted by Crippen LogP contribution is -2.02. The van der Waals surface area contributed by atoms with Crippen molar-refractivity contribution in [3.8, 4) is 84.4 Å². The van der Waals surface area contributed by atoms with Crippen LogP contribution in [0.3, 0.4) is 0 Å². The van der Waals surface area contributed by atoms with Crippen molar-refractivity contribution < 1.29 is 0 Å². The number of benzene rings is 10. The lowest BCUT2D eigenvalue weighted by Gasteiger charge is -2.18. The molecule has 0 radical (unpaired) electrons. The molecular weight excluding hydrogens is 845 g/mol. The van der Waals surface area contributed by atoms with Crippen LogP contribution in [-0.2, 0) is 0 Å². The van der Waals surface area contributed by atoms with E-state index in [0.717, 1.165) is 55.6 Å². The van der Waals surface area contributed by atoms with Gasteiger partial charge in [-0.05, 0) is 87.0 Å². The summed E-state index contributed by atoms with van der Waals surface area (Å²) in [6.45, 7) is 0. The first-order chi connectivity index (χ1) is 33.7. The summed E-state index contributed by atoms with van der Waals surface area (Å²) in [5.74, 6) is 1.87. The number of nitrogens with zero attached hydrogens (tertiary/aromatic N) is 4. The SMILES string of the molecule is c1ccc(-c2nc(-c3ccccc3)nc(-c3cc(-c4ccccc4)c(-c4ccccc4)cc3-c3ccc(-c4ccc5c(c4)sc4c5ccc5c4c4ccccc4n5-c4ccccc4)cc3)n2)cc1. The highest BCUT2D eigenvalue weighted by atomic mass is 32.1. The first-order valence-electron chi connectivity index (χ1n) is 22.9. The maximum atomic E-state index is 5.26. The van der Waals surface area contributed by atoms with Crippen LogP contribution < -0.4 is 0 Å². The lowest BCUT2D eigenvalue weighted by atomic mass is 9.87. The van der Waals surface area contributed by atoms with Gasteiger partial charge >= 0.3 is 0 Å². The van der Waals surface area contributed by atoms with E-state index in [9.17, 15) is 0 Å². The number of rotatable bonds is 8. The average Bonchev–Trinajstić information content (AvgIpc) is 3.97. The van der Waals surface area contributed by atoms with Gasteiger partial charge in [-0.2, -0.15) is 0 Å². The molecule has 0 bridgehead atoms. The standard InChI is InChI=1S/C63H40N4S/c1-6-18-42(19-7-1)52-39-54(55(40-53(52)43-20-8-2-9-21-43)63-65-61(45-22-10-3-11-23-45)64-62(66-63)46-24-12-4-13-25-46)44-32-30-41(31-33-44)47-34-35-49-50-36-37-57-59(60(50)68-58(49)38-47)51-28-16-17-29-56(51)67(57)48-26-14-5-15-27-48/h1-40H. The van der Waals surface area contributed by atoms with Crippen molar-refractivity contribution in [2.24, 2.45) is 0 Å². The zero-order valence-corrected chi connectivity index (χ0v) is 37.6. The number of aromatic nitrogens is 4. The van der Waals surface area contributed by atoms with E-state index in [0.29, 0.717) is 17.5 Å². The summed E-state index contributed by atoms with van der Waals surface area (Å²) in [5.41, 5.74) is 15.4. The molecule has 0 aliphatic heterocycles. The van der Waals surface area contributed by atoms with Crippen LogP contribution in [0, 0.1) is 0 Å². The minimum Gasteiger partial charge on any atom is -0.309 e. The van der Waals surface area contributed by atoms with E-state index < -0.39 is 0 Å². The summed E-state index contributed by atoms with van der Waals surface area (Å²) >= 11 is 1.89. The van der Waals surface area contributed by atoms with Crippen LogP contribution in [0.2, 0.25) is 0 Å². The Labute approximate surface area is 397 Å². The van der Waals surface area contributed by atoms with Crippen molar-refractivity contribution in [1.82, 2.24) is 19.5 Å². The molecule has 0 atom stereocenters. The molecule has 318 valence electrons. The second-order valence-corrected chi connectivity index (χ2v) is 18.2. The highest BCUT2D eigenvalue weighted by Gasteiger charge is 2.21. The first-order valence-corrected chi connectivity index (χ1v) is 23.7. The van der Waals surface area contributed by atoms with E-state index in [1.165, 1.54) is 53.2 Å². The van der Waals surface area contributed by atoms with Gasteiger partial charge in [0.15, 0.2) is 17.5 Å². The van der Waals surface area contributed by atoms with Crippen LogP contribution in [0.1, 0.15) is 0 Å². The molecule has 5 heteroatoms. The van der Waals surface area contributed by atoms with Gasteiger partial charge in [0.2, 0.25) is 0 Å². The number of hydrogen-bond donors (Lipinski definition) is 0. The normalized spacial score (nSPS) is 11.5. The smallest absolute Gasteiger partial charge is 0.164 e. The predicted octanol–water partition coefficient (Wildman–Crippen LogP) is 17.0. The fourth-order valence-electron chi connectivity index (χ4n) is 9.83. The Balaban J connectivity index is 0.971. The minimum absolute atomic E-state index is 0.616. The molecule has 0 saturated heterocycles. The van der Waals surface area contributed by atoms with Gasteiger partial charge < -0.3 is 4.57 Å². The van der Waals surface area contributed by atoms with Gasteiger partial charge in [0.05, 0.1) is 11.0 Å². The van der Waals surface area contributed by atoms with E-state index >= 15 is 0 Å². The monoisotopic (exact) mass is 884 g/mol. The summed E-state index contributed by atoms with van der Waals surface area (Å²) in [6.07, 6.45) is 0. The fourth-order valence-corrected chi connectivity index (χ4v) is 11.1. The summed E-state index contributed by atoms with van der Waals surface area (Å²) in [5, 5.41) is 5.15. The first kappa shape index (κ1) is 39.6. The highest BCUT2D eigenvalue weighted by Crippen LogP contribution is 2.46. The van der Waals surface area contributed by atoms with Crippen LogP contribution in [0.25, 0.3) is 126 Å². The summed E-state index contributed by atoms with van der Waals surface area (Å²) in [4.78, 5) is 15.6. The van der Waals surface area contributed by atoms with E-state index in [2.05, 4.69) is 211 Å². The number of hydrogen-bond acceptors (Lipinski definition) is 4. The minimum atomic E-state index is 0.616. The maximum Gasteiger partial charge on any atom is 0.164 e. The number of fused-ring (bicyclic) bond motifs is 7. The van der Waals surface area contributed by atoms with Crippen molar-refractivity contribution in [2.45, 2.75) is 0 Å². The molecule has 13 aromatic rings. The molecule has 0 fully saturated rings. The van der Waals surface area contributed by atoms with Crippen LogP contribution in [0.4, 0.5) is 0 Å². The molecule has 68 heavy (non-hydrogen) atoms. The van der Waals surface area contributed by atoms with Crippen LogP contribution in [0.15, 0.2) is 243 Å². The summed E-state index contributed by atoms with van der Waals surface area (Å²) < 4.78 is 4.99. The molecule has 10 aromatic carbocycles. The highest BCUT2D eigenvalue weighted by molar-refractivity contribution is 7.26. The number of para-hydroxylation sites is 2. The molecule has 4 nitrogen and oxygen atoms in total. The second kappa shape index (κ2) is 16.6. The van der Waals surface area contributed by atoms with Crippen molar-refractivity contribution in [1.29, 1.82) is 0 Å². The topological polar surface area (TPSA) is 43.6 Å². The maximum absolute atomic E-state index is 5.26. The van der Waals surface area contributed by atoms with Gasteiger partial charge in [-0.15, -0.1) is 11.3 Å². The van der Waals surface area contributed by atoms with Gasteiger partial charge in [-0.3, -0.25) is 0 Å². The van der Waals surface area contributed by atoms with E-state index in [-0.39, 0.29) is 0 Å². The van der Waals surface area contributed by atoms with E-state index in [4.69, 9.17) is 15.0 Å². The Kier molecular flexibility index (Phi) is 9.66. The van der Waals surface area contributed by atoms with Crippen molar-refractivity contribution in [2.75, 3.05) is 0 Å². The van der Waals surface area contributed by atoms with E-state index in [1.54, 1.807) is 0 Å². The zero-order chi connectivity index (χ0) is 45.0. The zero-order valence-electron chi connectivity index (χ0n) is 36.8. The Morgan fingerprint density at radius 2 is 0.750 bits per heavy atom. The predicted molar refractivity (Wildman–Crippen MR) is 285 cm³/mol. The van der Waals surface area contributed by atoms with Gasteiger partial charge in [-0.1, -0.05) is 200 Å². The average molecular weight is 885 g/mol. The van der Waals surface area contributed by atoms with Gasteiger partial charge in [0.1, 0.15) is 0 Å². The number of thiophene rings is 1. The Morgan fingerprint density at radius 3 is 1.37 bits per heavy atom. The Bertz CT molecular complexity index is 3920. The third-order valence-electron chi connectivity index (χ3n) is 13.1. The quantitative estimate of drug-likeness (QED) is 0.153. The third kappa shape index (κ3) is 6.88. The molecule has 0 unspecified atom stereocenters. The van der Waals surface area contributed by atoms with Crippen molar-refractivity contribution in [3.05, 3.63) is 243 Å². The molecule has 0 spiro atoms. The lowest BCUT2D eigenvalue weighted by molar-refractivity contribution is 1.07. The van der Waals surface area contributed by atoms with Crippen LogP contribution in [0.5, 0.6) is 0 Å². The van der Waals surface area contributed by atoms with Crippen LogP contribution >= 0.6 is 11.3 Å². The van der Waals surface area contributed by atoms with E-state index in [1.807, 2.05) is 47.7 Å². The van der Waals surface area contributed by atoms with Gasteiger partial charge in [0, 0.05) is 53.3 Å². The molecular formula is C63H40N4S. The van der Waals surface area contributed by atoms with Gasteiger partial charge in [0.25, 0.3) is 0 Å². The molecule has 0 saturated carbocycles. The molecule has 0 aliphatic rings. The fraction of sp³-hybridized carbons (Fsp3) is 0. The Morgan fingerprint density at radius 1 is 0.294 bits per heavy atom. The largest absolute Gasteiger partial charge is 0.309 e. The third-order valence-corrected chi connectivity index (χ3v) is 14.3. The molecule has 13 rings (SSSR count). The molecule has 0 N–H and O–H groups in total.